The maximum atomic E-state index is 12.7. The Morgan fingerprint density at radius 1 is 0.833 bits per heavy atom. The van der Waals surface area contributed by atoms with Crippen molar-refractivity contribution in [3.63, 3.8) is 0 Å². The van der Waals surface area contributed by atoms with Gasteiger partial charge in [0.15, 0.2) is 0 Å². The van der Waals surface area contributed by atoms with Gasteiger partial charge in [0.05, 0.1) is 28.8 Å². The summed E-state index contributed by atoms with van der Waals surface area (Å²) in [5, 5.41) is 11.0. The van der Waals surface area contributed by atoms with Gasteiger partial charge in [0, 0.05) is 12.1 Å². The molecule has 0 aliphatic carbocycles. The summed E-state index contributed by atoms with van der Waals surface area (Å²) in [7, 11) is 1.63. The quantitative estimate of drug-likeness (QED) is 0.350. The SMILES string of the molecule is COc1ccc(CCc2ccc(N3C(=O)c4ccc([N+](=O)[O-])cc4C3=O)cc2)cc1. The van der Waals surface area contributed by atoms with Crippen LogP contribution in [0.3, 0.4) is 0 Å². The number of carbonyl (C=O) groups is 2. The van der Waals surface area contributed by atoms with Gasteiger partial charge in [-0.15, -0.1) is 0 Å². The summed E-state index contributed by atoms with van der Waals surface area (Å²) in [6.45, 7) is 0. The van der Waals surface area contributed by atoms with Gasteiger partial charge >= 0.3 is 0 Å². The number of fused-ring (bicyclic) bond motifs is 1. The Morgan fingerprint density at radius 3 is 1.97 bits per heavy atom. The fraction of sp³-hybridized carbons (Fsp3) is 0.130. The number of carbonyl (C=O) groups excluding carboxylic acids is 2. The first-order chi connectivity index (χ1) is 14.5. The minimum Gasteiger partial charge on any atom is -0.497 e. The van der Waals surface area contributed by atoms with E-state index in [-0.39, 0.29) is 16.8 Å². The third-order valence-corrected chi connectivity index (χ3v) is 5.14. The van der Waals surface area contributed by atoms with Gasteiger partial charge < -0.3 is 4.74 Å². The van der Waals surface area contributed by atoms with Crippen LogP contribution in [0.25, 0.3) is 0 Å². The number of rotatable bonds is 6. The molecule has 0 N–H and O–H groups in total. The smallest absolute Gasteiger partial charge is 0.270 e. The van der Waals surface area contributed by atoms with Gasteiger partial charge in [-0.05, 0) is 54.3 Å². The van der Waals surface area contributed by atoms with Crippen molar-refractivity contribution in [2.75, 3.05) is 12.0 Å². The van der Waals surface area contributed by atoms with E-state index in [2.05, 4.69) is 0 Å². The number of non-ortho nitro benzene ring substituents is 1. The van der Waals surface area contributed by atoms with Crippen LogP contribution in [-0.4, -0.2) is 23.8 Å². The molecule has 1 heterocycles. The van der Waals surface area contributed by atoms with Crippen molar-refractivity contribution in [3.8, 4) is 5.75 Å². The lowest BCUT2D eigenvalue weighted by Gasteiger charge is -2.14. The molecule has 7 heteroatoms. The van der Waals surface area contributed by atoms with Crippen LogP contribution in [0.15, 0.2) is 66.7 Å². The van der Waals surface area contributed by atoms with Crippen molar-refractivity contribution in [2.24, 2.45) is 0 Å². The zero-order chi connectivity index (χ0) is 21.3. The zero-order valence-electron chi connectivity index (χ0n) is 16.2. The van der Waals surface area contributed by atoms with Crippen molar-refractivity contribution in [3.05, 3.63) is 99.1 Å². The number of anilines is 1. The average molecular weight is 402 g/mol. The zero-order valence-corrected chi connectivity index (χ0v) is 16.2. The molecule has 0 saturated heterocycles. The fourth-order valence-electron chi connectivity index (χ4n) is 3.47. The highest BCUT2D eigenvalue weighted by Gasteiger charge is 2.37. The Labute approximate surface area is 172 Å². The number of ether oxygens (including phenoxy) is 1. The van der Waals surface area contributed by atoms with Crippen LogP contribution in [0.4, 0.5) is 11.4 Å². The highest BCUT2D eigenvalue weighted by Crippen LogP contribution is 2.31. The lowest BCUT2D eigenvalue weighted by atomic mass is 10.0. The van der Waals surface area contributed by atoms with E-state index >= 15 is 0 Å². The molecule has 0 atom stereocenters. The third kappa shape index (κ3) is 3.53. The molecular formula is C23H18N2O5. The molecular weight excluding hydrogens is 384 g/mol. The molecule has 0 aromatic heterocycles. The molecule has 0 spiro atoms. The van der Waals surface area contributed by atoms with Crippen LogP contribution in [-0.2, 0) is 12.8 Å². The summed E-state index contributed by atoms with van der Waals surface area (Å²) >= 11 is 0. The number of hydrogen-bond donors (Lipinski definition) is 0. The molecule has 3 aromatic carbocycles. The highest BCUT2D eigenvalue weighted by atomic mass is 16.6. The minimum atomic E-state index is -0.585. The van der Waals surface area contributed by atoms with Crippen molar-refractivity contribution in [1.29, 1.82) is 0 Å². The van der Waals surface area contributed by atoms with E-state index in [4.69, 9.17) is 4.74 Å². The van der Waals surface area contributed by atoms with Crippen molar-refractivity contribution < 1.29 is 19.2 Å². The van der Waals surface area contributed by atoms with Gasteiger partial charge in [-0.1, -0.05) is 24.3 Å². The first-order valence-electron chi connectivity index (χ1n) is 9.37. The summed E-state index contributed by atoms with van der Waals surface area (Å²) in [6, 6.07) is 18.8. The first-order valence-corrected chi connectivity index (χ1v) is 9.37. The molecule has 1 aliphatic heterocycles. The lowest BCUT2D eigenvalue weighted by molar-refractivity contribution is -0.384. The van der Waals surface area contributed by atoms with Gasteiger partial charge in [0.2, 0.25) is 0 Å². The second-order valence-corrected chi connectivity index (χ2v) is 6.95. The van der Waals surface area contributed by atoms with Gasteiger partial charge in [0.25, 0.3) is 17.5 Å². The number of amides is 2. The number of nitrogens with zero attached hydrogens (tertiary/aromatic N) is 2. The summed E-state index contributed by atoms with van der Waals surface area (Å²) in [5.41, 5.74) is 2.71. The standard InChI is InChI=1S/C23H18N2O5/c1-30-19-11-6-16(7-12-19)3-2-15-4-8-17(9-5-15)24-22(26)20-13-10-18(25(28)29)14-21(20)23(24)27/h4-14H,2-3H2,1H3. The topological polar surface area (TPSA) is 89.8 Å². The predicted molar refractivity (Wildman–Crippen MR) is 111 cm³/mol. The summed E-state index contributed by atoms with van der Waals surface area (Å²) in [6.07, 6.45) is 1.65. The lowest BCUT2D eigenvalue weighted by Crippen LogP contribution is -2.29. The number of benzene rings is 3. The molecule has 0 bridgehead atoms. The molecule has 30 heavy (non-hydrogen) atoms. The molecule has 0 saturated carbocycles. The second-order valence-electron chi connectivity index (χ2n) is 6.95. The van der Waals surface area contributed by atoms with Gasteiger partial charge in [-0.3, -0.25) is 19.7 Å². The maximum Gasteiger partial charge on any atom is 0.270 e. The van der Waals surface area contributed by atoms with Crippen molar-refractivity contribution in [2.45, 2.75) is 12.8 Å². The summed E-state index contributed by atoms with van der Waals surface area (Å²) < 4.78 is 5.16. The average Bonchev–Trinajstić information content (AvgIpc) is 3.02. The highest BCUT2D eigenvalue weighted by molar-refractivity contribution is 6.34. The first kappa shape index (κ1) is 19.3. The molecule has 7 nitrogen and oxygen atoms in total. The van der Waals surface area contributed by atoms with E-state index in [1.165, 1.54) is 17.7 Å². The largest absolute Gasteiger partial charge is 0.497 e. The number of aryl methyl sites for hydroxylation is 2. The van der Waals surface area contributed by atoms with Gasteiger partial charge in [-0.2, -0.15) is 0 Å². The number of imide groups is 1. The Hall–Kier alpha value is -4.00. The molecule has 0 radical (unpaired) electrons. The van der Waals surface area contributed by atoms with Crippen molar-refractivity contribution in [1.82, 2.24) is 0 Å². The van der Waals surface area contributed by atoms with E-state index < -0.39 is 16.7 Å². The van der Waals surface area contributed by atoms with Crippen LogP contribution in [0.1, 0.15) is 31.8 Å². The van der Waals surface area contributed by atoms with Gasteiger partial charge in [0.1, 0.15) is 5.75 Å². The van der Waals surface area contributed by atoms with E-state index in [1.54, 1.807) is 19.2 Å². The Kier molecular flexibility index (Phi) is 5.02. The molecule has 150 valence electrons. The molecule has 0 unspecified atom stereocenters. The second kappa shape index (κ2) is 7.79. The van der Waals surface area contributed by atoms with E-state index in [0.29, 0.717) is 5.69 Å². The molecule has 0 fully saturated rings. The minimum absolute atomic E-state index is 0.0535. The number of methoxy groups -OCH3 is 1. The van der Waals surface area contributed by atoms with Crippen LogP contribution >= 0.6 is 0 Å². The Balaban J connectivity index is 1.49. The molecule has 3 aromatic rings. The van der Waals surface area contributed by atoms with Gasteiger partial charge in [-0.25, -0.2) is 4.90 Å². The molecule has 1 aliphatic rings. The monoisotopic (exact) mass is 402 g/mol. The molecule has 2 amide bonds. The summed E-state index contributed by atoms with van der Waals surface area (Å²) in [4.78, 5) is 36.8. The summed E-state index contributed by atoms with van der Waals surface area (Å²) in [5.74, 6) is -0.213. The van der Waals surface area contributed by atoms with Crippen LogP contribution in [0.5, 0.6) is 5.75 Å². The number of nitro groups is 1. The maximum absolute atomic E-state index is 12.7. The van der Waals surface area contributed by atoms with E-state index in [1.807, 2.05) is 36.4 Å². The molecule has 4 rings (SSSR count). The third-order valence-electron chi connectivity index (χ3n) is 5.14. The predicted octanol–water partition coefficient (Wildman–Crippen LogP) is 4.19. The van der Waals surface area contributed by atoms with Crippen LogP contribution in [0, 0.1) is 10.1 Å². The van der Waals surface area contributed by atoms with Crippen LogP contribution < -0.4 is 9.64 Å². The van der Waals surface area contributed by atoms with Crippen molar-refractivity contribution >= 4 is 23.2 Å². The van der Waals surface area contributed by atoms with E-state index in [0.717, 1.165) is 35.1 Å². The Morgan fingerprint density at radius 2 is 1.40 bits per heavy atom. The number of nitro benzene ring substituents is 1. The van der Waals surface area contributed by atoms with Crippen LogP contribution in [0.2, 0.25) is 0 Å². The normalized spacial score (nSPS) is 12.8. The fourth-order valence-corrected chi connectivity index (χ4v) is 3.47. The number of hydrogen-bond acceptors (Lipinski definition) is 5. The van der Waals surface area contributed by atoms with E-state index in [9.17, 15) is 19.7 Å². The Bertz CT molecular complexity index is 1140.